The predicted octanol–water partition coefficient (Wildman–Crippen LogP) is 4.18. The molecule has 0 spiro atoms. The van der Waals surface area contributed by atoms with Crippen LogP contribution in [0.2, 0.25) is 0 Å². The molecular formula is C35H50N6O7. The highest BCUT2D eigenvalue weighted by Gasteiger charge is 2.45. The molecule has 48 heavy (non-hydrogen) atoms. The Labute approximate surface area is 283 Å². The minimum atomic E-state index is -1.32. The number of carbonyl (C=O) groups is 1. The van der Waals surface area contributed by atoms with E-state index in [1.165, 1.54) is 6.33 Å². The van der Waals surface area contributed by atoms with Gasteiger partial charge in [0.15, 0.2) is 6.33 Å². The lowest BCUT2D eigenvalue weighted by molar-refractivity contribution is -0.154. The number of benzene rings is 2. The van der Waals surface area contributed by atoms with Crippen LogP contribution in [-0.4, -0.2) is 101 Å². The van der Waals surface area contributed by atoms with E-state index >= 15 is 0 Å². The van der Waals surface area contributed by atoms with Crippen LogP contribution in [0.4, 0.5) is 10.5 Å². The number of nitrogens with zero attached hydrogens (tertiary/aromatic N) is 6. The third-order valence-corrected chi connectivity index (χ3v) is 8.54. The molecule has 3 aromatic rings. The fourth-order valence-electron chi connectivity index (χ4n) is 6.03. The van der Waals surface area contributed by atoms with Crippen LogP contribution in [0.1, 0.15) is 57.2 Å². The van der Waals surface area contributed by atoms with Gasteiger partial charge in [0.25, 0.3) is 0 Å². The standard InChI is InChI=1S/C35H50N6O7/c1-26(20-41-37-25-36-38-41)22-45-23-27-7-10-29(11-8-27)35(43)13-15-40(33(42)48-34(2,3)4)21-32(35)47-24-28-9-12-31-30(19-28)39(16-18-46-31)14-6-17-44-5/h7-12,19,25-26,32,43H,6,13-18,20-24H2,1-5H3/t26-,32-,35-/m0/s1. The van der Waals surface area contributed by atoms with E-state index in [-0.39, 0.29) is 19.1 Å². The first-order valence-electron chi connectivity index (χ1n) is 16.7. The number of ether oxygens (including phenoxy) is 5. The lowest BCUT2D eigenvalue weighted by Crippen LogP contribution is -2.56. The number of fused-ring (bicyclic) bond motifs is 1. The number of hydrogen-bond donors (Lipinski definition) is 1. The molecule has 5 rings (SSSR count). The summed E-state index contributed by atoms with van der Waals surface area (Å²) in [5.74, 6) is 1.06. The van der Waals surface area contributed by atoms with Gasteiger partial charge in [0.05, 0.1) is 45.1 Å². The number of anilines is 1. The van der Waals surface area contributed by atoms with Crippen LogP contribution in [0.15, 0.2) is 48.8 Å². The van der Waals surface area contributed by atoms with E-state index < -0.39 is 23.4 Å². The summed E-state index contributed by atoms with van der Waals surface area (Å²) in [4.78, 5) is 18.6. The van der Waals surface area contributed by atoms with E-state index in [1.807, 2.05) is 57.2 Å². The Balaban J connectivity index is 1.27. The summed E-state index contributed by atoms with van der Waals surface area (Å²) in [6.07, 6.45) is 1.52. The number of carbonyl (C=O) groups excluding carboxylic acids is 1. The van der Waals surface area contributed by atoms with Crippen LogP contribution in [0.25, 0.3) is 0 Å². The van der Waals surface area contributed by atoms with Crippen molar-refractivity contribution < 1.29 is 33.6 Å². The monoisotopic (exact) mass is 666 g/mol. The van der Waals surface area contributed by atoms with Gasteiger partial charge in [-0.3, -0.25) is 0 Å². The van der Waals surface area contributed by atoms with Crippen molar-refractivity contribution in [3.8, 4) is 5.75 Å². The molecule has 1 aromatic heterocycles. The highest BCUT2D eigenvalue weighted by molar-refractivity contribution is 5.68. The van der Waals surface area contributed by atoms with E-state index in [0.717, 1.165) is 47.6 Å². The van der Waals surface area contributed by atoms with Gasteiger partial charge in [-0.2, -0.15) is 4.80 Å². The van der Waals surface area contributed by atoms with Gasteiger partial charge in [0, 0.05) is 39.1 Å². The number of likely N-dealkylation sites (tertiary alicyclic amines) is 1. The normalized spacial score (nSPS) is 20.2. The Bertz CT molecular complexity index is 1450. The third kappa shape index (κ3) is 9.43. The number of hydrogen-bond acceptors (Lipinski definition) is 11. The molecule has 2 aromatic carbocycles. The average molecular weight is 667 g/mol. The Morgan fingerprint density at radius 1 is 1.12 bits per heavy atom. The van der Waals surface area contributed by atoms with Crippen LogP contribution in [0.3, 0.4) is 0 Å². The molecule has 0 aliphatic carbocycles. The van der Waals surface area contributed by atoms with Gasteiger partial charge in [-0.1, -0.05) is 37.3 Å². The van der Waals surface area contributed by atoms with Crippen LogP contribution < -0.4 is 9.64 Å². The number of amides is 1. The first kappa shape index (κ1) is 35.5. The second-order valence-electron chi connectivity index (χ2n) is 13.7. The van der Waals surface area contributed by atoms with Crippen molar-refractivity contribution in [3.63, 3.8) is 0 Å². The summed E-state index contributed by atoms with van der Waals surface area (Å²) in [5, 5.41) is 23.9. The van der Waals surface area contributed by atoms with E-state index in [0.29, 0.717) is 45.9 Å². The molecule has 1 amide bonds. The molecule has 1 fully saturated rings. The smallest absolute Gasteiger partial charge is 0.410 e. The van der Waals surface area contributed by atoms with Crippen LogP contribution in [-0.2, 0) is 44.3 Å². The molecule has 13 nitrogen and oxygen atoms in total. The number of aliphatic hydroxyl groups is 1. The minimum Gasteiger partial charge on any atom is -0.490 e. The van der Waals surface area contributed by atoms with Gasteiger partial charge in [-0.15, -0.1) is 10.2 Å². The fraction of sp³-hybridized carbons (Fsp3) is 0.600. The van der Waals surface area contributed by atoms with Crippen LogP contribution in [0.5, 0.6) is 5.75 Å². The van der Waals surface area contributed by atoms with Gasteiger partial charge in [-0.25, -0.2) is 4.79 Å². The second-order valence-corrected chi connectivity index (χ2v) is 13.7. The molecule has 0 unspecified atom stereocenters. The molecule has 262 valence electrons. The summed E-state index contributed by atoms with van der Waals surface area (Å²) in [5.41, 5.74) is 1.74. The Morgan fingerprint density at radius 3 is 2.65 bits per heavy atom. The highest BCUT2D eigenvalue weighted by atomic mass is 16.6. The zero-order valence-electron chi connectivity index (χ0n) is 28.8. The maximum Gasteiger partial charge on any atom is 0.410 e. The van der Waals surface area contributed by atoms with Crippen LogP contribution >= 0.6 is 0 Å². The van der Waals surface area contributed by atoms with Crippen molar-refractivity contribution in [2.45, 2.75) is 77.6 Å². The summed E-state index contributed by atoms with van der Waals surface area (Å²) in [6, 6.07) is 13.8. The van der Waals surface area contributed by atoms with Gasteiger partial charge in [0.1, 0.15) is 29.7 Å². The Hall–Kier alpha value is -3.78. The molecule has 3 atom stereocenters. The molecule has 13 heteroatoms. The maximum absolute atomic E-state index is 13.1. The summed E-state index contributed by atoms with van der Waals surface area (Å²) in [6.45, 7) is 13.0. The van der Waals surface area contributed by atoms with Crippen molar-refractivity contribution in [3.05, 3.63) is 65.5 Å². The molecule has 1 N–H and O–H groups in total. The summed E-state index contributed by atoms with van der Waals surface area (Å²) in [7, 11) is 1.71. The van der Waals surface area contributed by atoms with Crippen molar-refractivity contribution in [2.75, 3.05) is 58.0 Å². The molecule has 3 heterocycles. The molecule has 2 aliphatic rings. The van der Waals surface area contributed by atoms with Crippen molar-refractivity contribution in [2.24, 2.45) is 5.92 Å². The SMILES string of the molecule is COCCCN1CCOc2ccc(CO[C@H]3CN(C(=O)OC(C)(C)C)CC[C@]3(O)c3ccc(COC[C@@H](C)Cn4ncnn4)cc3)cc21. The van der Waals surface area contributed by atoms with Gasteiger partial charge < -0.3 is 38.6 Å². The highest BCUT2D eigenvalue weighted by Crippen LogP contribution is 2.37. The fourth-order valence-corrected chi connectivity index (χ4v) is 6.03. The third-order valence-electron chi connectivity index (χ3n) is 8.54. The number of aromatic nitrogens is 4. The Morgan fingerprint density at radius 2 is 1.92 bits per heavy atom. The van der Waals surface area contributed by atoms with Crippen LogP contribution in [0, 0.1) is 5.92 Å². The first-order chi connectivity index (χ1) is 23.0. The van der Waals surface area contributed by atoms with E-state index in [9.17, 15) is 9.90 Å². The summed E-state index contributed by atoms with van der Waals surface area (Å²) < 4.78 is 29.3. The molecular weight excluding hydrogens is 616 g/mol. The zero-order valence-corrected chi connectivity index (χ0v) is 28.8. The predicted molar refractivity (Wildman–Crippen MR) is 179 cm³/mol. The molecule has 2 aliphatic heterocycles. The van der Waals surface area contributed by atoms with Crippen molar-refractivity contribution in [1.82, 2.24) is 25.1 Å². The van der Waals surface area contributed by atoms with E-state index in [2.05, 4.69) is 33.3 Å². The summed E-state index contributed by atoms with van der Waals surface area (Å²) >= 11 is 0. The van der Waals surface area contributed by atoms with Gasteiger partial charge >= 0.3 is 6.09 Å². The van der Waals surface area contributed by atoms with Gasteiger partial charge in [-0.05, 0) is 61.2 Å². The Kier molecular flexibility index (Phi) is 11.9. The second kappa shape index (κ2) is 16.1. The zero-order chi connectivity index (χ0) is 34.1. The average Bonchev–Trinajstić information content (AvgIpc) is 3.57. The molecule has 0 saturated carbocycles. The largest absolute Gasteiger partial charge is 0.490 e. The number of piperidine rings is 1. The topological polar surface area (TPSA) is 134 Å². The first-order valence-corrected chi connectivity index (χ1v) is 16.7. The number of tetrazole rings is 1. The molecule has 0 bridgehead atoms. The lowest BCUT2D eigenvalue weighted by atomic mass is 9.81. The lowest BCUT2D eigenvalue weighted by Gasteiger charge is -2.44. The number of methoxy groups -OCH3 is 1. The van der Waals surface area contributed by atoms with Gasteiger partial charge in [0.2, 0.25) is 0 Å². The van der Waals surface area contributed by atoms with Crippen molar-refractivity contribution in [1.29, 1.82) is 0 Å². The molecule has 0 radical (unpaired) electrons. The van der Waals surface area contributed by atoms with Crippen molar-refractivity contribution >= 4 is 11.8 Å². The maximum atomic E-state index is 13.1. The number of rotatable bonds is 14. The van der Waals surface area contributed by atoms with E-state index in [4.69, 9.17) is 23.7 Å². The van der Waals surface area contributed by atoms with E-state index in [1.54, 1.807) is 16.8 Å². The minimum absolute atomic E-state index is 0.186. The quantitative estimate of drug-likeness (QED) is 0.249. The molecule has 1 saturated heterocycles.